The van der Waals surface area contributed by atoms with Crippen molar-refractivity contribution in [3.63, 3.8) is 0 Å². The van der Waals surface area contributed by atoms with Gasteiger partial charge in [-0.15, -0.1) is 11.8 Å². The van der Waals surface area contributed by atoms with E-state index in [1.54, 1.807) is 23.9 Å². The quantitative estimate of drug-likeness (QED) is 0.163. The molecular formula is C27H32N2O10S. The topological polar surface area (TPSA) is 203 Å². The van der Waals surface area contributed by atoms with Gasteiger partial charge in [-0.25, -0.2) is 4.79 Å². The van der Waals surface area contributed by atoms with Crippen LogP contribution in [-0.2, 0) is 24.9 Å². The highest BCUT2D eigenvalue weighted by Crippen LogP contribution is 2.25. The molecule has 2 aromatic rings. The monoisotopic (exact) mass is 576 g/mol. The highest BCUT2D eigenvalue weighted by molar-refractivity contribution is 7.98. The lowest BCUT2D eigenvalue weighted by Crippen LogP contribution is -2.60. The summed E-state index contributed by atoms with van der Waals surface area (Å²) in [7, 11) is 0. The summed E-state index contributed by atoms with van der Waals surface area (Å²) in [5.41, 5.74) is 1.19. The molecule has 1 aliphatic rings. The van der Waals surface area contributed by atoms with Crippen molar-refractivity contribution in [2.24, 2.45) is 0 Å². The van der Waals surface area contributed by atoms with E-state index in [2.05, 4.69) is 10.6 Å². The van der Waals surface area contributed by atoms with Crippen molar-refractivity contribution < 1.29 is 49.4 Å². The van der Waals surface area contributed by atoms with Crippen LogP contribution >= 0.6 is 11.8 Å². The first kappa shape index (κ1) is 31.0. The number of hydrogen-bond acceptors (Lipinski definition) is 9. The molecule has 216 valence electrons. The zero-order valence-electron chi connectivity index (χ0n) is 21.4. The molecule has 0 spiro atoms. The number of nitrogens with one attached hydrogen (secondary N) is 2. The van der Waals surface area contributed by atoms with Gasteiger partial charge in [-0.2, -0.15) is 0 Å². The molecule has 0 radical (unpaired) electrons. The van der Waals surface area contributed by atoms with Crippen molar-refractivity contribution in [1.29, 1.82) is 0 Å². The van der Waals surface area contributed by atoms with Gasteiger partial charge in [0.05, 0.1) is 12.5 Å². The zero-order chi connectivity index (χ0) is 29.2. The first-order valence-electron chi connectivity index (χ1n) is 12.5. The molecule has 1 fully saturated rings. The first-order chi connectivity index (χ1) is 19.1. The standard InChI is InChI=1S/C27H32N2O10S/c30-21(29-18(27(37)38)10-11-22(31)32)12-19-23(33)25(35)24(34)20(39-19)13-28-26(36)17-9-5-4-6-15(17)14-40-16-7-2-1-3-8-16/h1-9,18-20,23-25,33-35H,10-14H2,(H,28,36)(H,29,30)(H,31,32)(H,37,38)/t18-,19?,20?,23?,24?,25?/m1/s1. The molecule has 0 bridgehead atoms. The number of carbonyl (C=O) groups is 4. The number of carboxylic acid groups (broad SMARTS) is 2. The Hall–Kier alpha value is -3.49. The van der Waals surface area contributed by atoms with Crippen molar-refractivity contribution in [1.82, 2.24) is 10.6 Å². The molecule has 1 saturated heterocycles. The maximum Gasteiger partial charge on any atom is 0.326 e. The number of thioether (sulfide) groups is 1. The van der Waals surface area contributed by atoms with Crippen LogP contribution in [0.3, 0.4) is 0 Å². The Morgan fingerprint density at radius 1 is 0.875 bits per heavy atom. The van der Waals surface area contributed by atoms with E-state index in [4.69, 9.17) is 9.84 Å². The van der Waals surface area contributed by atoms with Crippen molar-refractivity contribution in [3.8, 4) is 0 Å². The number of benzene rings is 2. The second-order valence-corrected chi connectivity index (χ2v) is 10.3. The number of rotatable bonds is 13. The van der Waals surface area contributed by atoms with Crippen LogP contribution in [0.5, 0.6) is 0 Å². The summed E-state index contributed by atoms with van der Waals surface area (Å²) in [6.07, 6.45) is -8.90. The third-order valence-corrected chi connectivity index (χ3v) is 7.40. The molecule has 1 heterocycles. The Morgan fingerprint density at radius 3 is 2.20 bits per heavy atom. The summed E-state index contributed by atoms with van der Waals surface area (Å²) < 4.78 is 5.63. The molecule has 5 unspecified atom stereocenters. The summed E-state index contributed by atoms with van der Waals surface area (Å²) in [6.45, 7) is -0.252. The number of ether oxygens (including phenoxy) is 1. The van der Waals surface area contributed by atoms with Gasteiger partial charge in [0, 0.05) is 29.2 Å². The molecule has 0 aliphatic carbocycles. The summed E-state index contributed by atoms with van der Waals surface area (Å²) in [4.78, 5) is 48.6. The van der Waals surface area contributed by atoms with Crippen molar-refractivity contribution in [2.75, 3.05) is 6.54 Å². The van der Waals surface area contributed by atoms with Gasteiger partial charge in [0.2, 0.25) is 5.91 Å². The van der Waals surface area contributed by atoms with Crippen LogP contribution in [-0.4, -0.2) is 92.4 Å². The smallest absolute Gasteiger partial charge is 0.326 e. The second-order valence-electron chi connectivity index (χ2n) is 9.25. The number of carbonyl (C=O) groups excluding carboxylic acids is 2. The van der Waals surface area contributed by atoms with E-state index in [-0.39, 0.29) is 13.0 Å². The lowest BCUT2D eigenvalue weighted by Gasteiger charge is -2.40. The Bertz CT molecular complexity index is 1180. The third-order valence-electron chi connectivity index (χ3n) is 6.34. The van der Waals surface area contributed by atoms with Gasteiger partial charge in [-0.05, 0) is 30.2 Å². The van der Waals surface area contributed by atoms with Gasteiger partial charge in [0.1, 0.15) is 30.5 Å². The average Bonchev–Trinajstić information content (AvgIpc) is 2.94. The molecule has 13 heteroatoms. The Morgan fingerprint density at radius 2 is 1.52 bits per heavy atom. The van der Waals surface area contributed by atoms with Gasteiger partial charge in [0.15, 0.2) is 0 Å². The summed E-state index contributed by atoms with van der Waals surface area (Å²) in [6, 6.07) is 15.2. The van der Waals surface area contributed by atoms with Crippen LogP contribution in [0.25, 0.3) is 0 Å². The molecular weight excluding hydrogens is 544 g/mol. The molecule has 2 amide bonds. The number of hydrogen-bond donors (Lipinski definition) is 7. The number of amides is 2. The van der Waals surface area contributed by atoms with E-state index in [1.807, 2.05) is 42.5 Å². The normalized spacial score (nSPS) is 23.1. The van der Waals surface area contributed by atoms with Crippen molar-refractivity contribution in [2.45, 2.75) is 66.5 Å². The van der Waals surface area contributed by atoms with Gasteiger partial charge >= 0.3 is 11.9 Å². The largest absolute Gasteiger partial charge is 0.481 e. The molecule has 6 atom stereocenters. The highest BCUT2D eigenvalue weighted by Gasteiger charge is 2.44. The maximum absolute atomic E-state index is 13.0. The molecule has 0 saturated carbocycles. The minimum Gasteiger partial charge on any atom is -0.481 e. The number of carboxylic acids is 2. The third kappa shape index (κ3) is 8.76. The minimum atomic E-state index is -1.70. The summed E-state index contributed by atoms with van der Waals surface area (Å²) in [5, 5.41) is 53.9. The lowest BCUT2D eigenvalue weighted by molar-refractivity contribution is -0.220. The predicted octanol–water partition coefficient (Wildman–Crippen LogP) is 0.383. The Kier molecular flexibility index (Phi) is 11.5. The van der Waals surface area contributed by atoms with Crippen LogP contribution < -0.4 is 10.6 Å². The SMILES string of the molecule is O=C(O)CC[C@@H](NC(=O)CC1OC(CNC(=O)c2ccccc2CSc2ccccc2)C(O)C(O)C1O)C(=O)O. The van der Waals surface area contributed by atoms with Crippen molar-refractivity contribution >= 4 is 35.5 Å². The average molecular weight is 577 g/mol. The van der Waals surface area contributed by atoms with E-state index in [0.29, 0.717) is 11.3 Å². The van der Waals surface area contributed by atoms with Crippen LogP contribution in [0.1, 0.15) is 35.2 Å². The van der Waals surface area contributed by atoms with Gasteiger partial charge in [0.25, 0.3) is 5.91 Å². The van der Waals surface area contributed by atoms with E-state index >= 15 is 0 Å². The predicted molar refractivity (Wildman–Crippen MR) is 143 cm³/mol. The van der Waals surface area contributed by atoms with Crippen LogP contribution in [0.4, 0.5) is 0 Å². The van der Waals surface area contributed by atoms with E-state index in [0.717, 1.165) is 10.5 Å². The van der Waals surface area contributed by atoms with Gasteiger partial charge < -0.3 is 40.9 Å². The van der Waals surface area contributed by atoms with Crippen LogP contribution in [0, 0.1) is 0 Å². The van der Waals surface area contributed by atoms with Gasteiger partial charge in [-0.3, -0.25) is 14.4 Å². The fraction of sp³-hybridized carbons (Fsp3) is 0.407. The number of aliphatic carboxylic acids is 2. The van der Waals surface area contributed by atoms with E-state index in [1.165, 1.54) is 0 Å². The summed E-state index contributed by atoms with van der Waals surface area (Å²) >= 11 is 1.56. The van der Waals surface area contributed by atoms with Crippen molar-refractivity contribution in [3.05, 3.63) is 65.7 Å². The van der Waals surface area contributed by atoms with E-state index in [9.17, 15) is 39.6 Å². The number of aliphatic hydroxyl groups excluding tert-OH is 3. The molecule has 2 aromatic carbocycles. The number of aliphatic hydroxyl groups is 3. The zero-order valence-corrected chi connectivity index (χ0v) is 22.2. The highest BCUT2D eigenvalue weighted by atomic mass is 32.2. The molecule has 0 aromatic heterocycles. The molecule has 3 rings (SSSR count). The molecule has 12 nitrogen and oxygen atoms in total. The molecule has 7 N–H and O–H groups in total. The fourth-order valence-electron chi connectivity index (χ4n) is 4.16. The summed E-state index contributed by atoms with van der Waals surface area (Å²) in [5.74, 6) is -3.44. The Labute approximate surface area is 234 Å². The van der Waals surface area contributed by atoms with Crippen LogP contribution in [0.15, 0.2) is 59.5 Å². The minimum absolute atomic E-state index is 0.252. The lowest BCUT2D eigenvalue weighted by atomic mass is 9.93. The van der Waals surface area contributed by atoms with Crippen LogP contribution in [0.2, 0.25) is 0 Å². The second kappa shape index (κ2) is 14.8. The fourth-order valence-corrected chi connectivity index (χ4v) is 5.08. The first-order valence-corrected chi connectivity index (χ1v) is 13.5. The van der Waals surface area contributed by atoms with Gasteiger partial charge in [-0.1, -0.05) is 36.4 Å². The maximum atomic E-state index is 13.0. The molecule has 40 heavy (non-hydrogen) atoms. The Balaban J connectivity index is 1.60. The van der Waals surface area contributed by atoms with E-state index < -0.39 is 73.2 Å². The molecule has 1 aliphatic heterocycles.